The average molecular weight is 954 g/mol. The fraction of sp³-hybridized carbons (Fsp3) is 0.277. The molecular weight excluding hydrogens is 903 g/mol. The van der Waals surface area contributed by atoms with E-state index in [1.807, 2.05) is 18.2 Å². The number of hydrogen-bond acceptors (Lipinski definition) is 13. The molecule has 6 aromatic rings. The standard InChI is InChI=1S/C47H51N15O8/c48-36(12-27-15-51-21-57-27)44(68)54-18-39(63)60-24-1-4-30-33(9-24)47(8-7-42(66)67)34-10-25(61-40(64)19-55-45(69)37(49)13-28-16-52-22-58-28)2-5-31(34)43(30)32-6-3-26(11-35(32)47)62-41(65)20-56-46(70)38(50)14-29-17-53-23-59-29/h1-6,9-11,15-17,21-23,36-38,43H,7-8,12-14,18-20,48-50H2,(H,51,57)(H,52,58)(H,53,59)(H,54,68)(H,55,69)(H,56,70)(H,60,63)(H,61,64)(H,62,65)(H,66,67)/t36-,37-,38-,43?,47?/m0/s1. The minimum absolute atomic E-state index is 0.00686. The van der Waals surface area contributed by atoms with Gasteiger partial charge in [0.1, 0.15) is 0 Å². The Hall–Kier alpha value is -8.54. The lowest BCUT2D eigenvalue weighted by atomic mass is 9.51. The zero-order valence-corrected chi connectivity index (χ0v) is 37.5. The van der Waals surface area contributed by atoms with E-state index >= 15 is 0 Å². The molecule has 9 rings (SSSR count). The lowest BCUT2D eigenvalue weighted by Gasteiger charge is -2.51. The van der Waals surface area contributed by atoms with Crippen molar-refractivity contribution in [2.75, 3.05) is 35.6 Å². The maximum Gasteiger partial charge on any atom is 0.303 e. The molecule has 3 aliphatic rings. The molecule has 0 radical (unpaired) electrons. The highest BCUT2D eigenvalue weighted by Crippen LogP contribution is 2.62. The molecule has 3 aromatic heterocycles. The molecule has 0 spiro atoms. The van der Waals surface area contributed by atoms with E-state index in [1.165, 1.54) is 19.0 Å². The molecule has 0 aliphatic heterocycles. The number of carboxylic acid groups (broad SMARTS) is 1. The summed E-state index contributed by atoms with van der Waals surface area (Å²) in [6, 6.07) is 13.2. The number of carbonyl (C=O) groups is 7. The molecule has 70 heavy (non-hydrogen) atoms. The van der Waals surface area contributed by atoms with E-state index < -0.39 is 90.5 Å². The summed E-state index contributed by atoms with van der Waals surface area (Å²) >= 11 is 0. The van der Waals surface area contributed by atoms with Gasteiger partial charge in [-0.05, 0) is 76.2 Å². The summed E-state index contributed by atoms with van der Waals surface area (Å²) in [5.74, 6) is -4.82. The molecule has 362 valence electrons. The van der Waals surface area contributed by atoms with Crippen molar-refractivity contribution < 1.29 is 38.7 Å². The third-order valence-corrected chi connectivity index (χ3v) is 12.3. The minimum Gasteiger partial charge on any atom is -0.481 e. The molecule has 3 atom stereocenters. The Morgan fingerprint density at radius 3 is 1.16 bits per heavy atom. The third-order valence-electron chi connectivity index (χ3n) is 12.3. The Morgan fingerprint density at radius 1 is 0.543 bits per heavy atom. The Labute approximate surface area is 399 Å². The predicted octanol–water partition coefficient (Wildman–Crippen LogP) is -0.264. The molecule has 2 bridgehead atoms. The number of H-pyrrole nitrogens is 3. The largest absolute Gasteiger partial charge is 0.481 e. The summed E-state index contributed by atoms with van der Waals surface area (Å²) in [6.07, 6.45) is 9.24. The molecule has 23 nitrogen and oxygen atoms in total. The van der Waals surface area contributed by atoms with Crippen LogP contribution in [0.1, 0.15) is 69.2 Å². The number of amides is 6. The highest BCUT2D eigenvalue weighted by Gasteiger charge is 2.52. The molecule has 3 heterocycles. The monoisotopic (exact) mass is 953 g/mol. The smallest absolute Gasteiger partial charge is 0.303 e. The van der Waals surface area contributed by atoms with Gasteiger partial charge in [-0.3, -0.25) is 33.6 Å². The van der Waals surface area contributed by atoms with Crippen LogP contribution in [-0.2, 0) is 58.2 Å². The van der Waals surface area contributed by atoms with Gasteiger partial charge in [0.15, 0.2) is 0 Å². The maximum absolute atomic E-state index is 13.4. The quantitative estimate of drug-likeness (QED) is 0.0442. The number of aromatic amines is 3. The van der Waals surface area contributed by atoms with Gasteiger partial charge in [-0.2, -0.15) is 0 Å². The van der Waals surface area contributed by atoms with Gasteiger partial charge in [-0.25, -0.2) is 15.0 Å². The van der Waals surface area contributed by atoms with Gasteiger partial charge in [0.25, 0.3) is 0 Å². The highest BCUT2D eigenvalue weighted by atomic mass is 16.4. The molecule has 0 unspecified atom stereocenters. The van der Waals surface area contributed by atoms with Crippen molar-refractivity contribution in [2.24, 2.45) is 17.2 Å². The number of benzene rings is 3. The molecule has 23 heteroatoms. The second-order valence-corrected chi connectivity index (χ2v) is 17.1. The fourth-order valence-electron chi connectivity index (χ4n) is 9.09. The number of nitrogens with one attached hydrogen (secondary N) is 9. The molecule has 16 N–H and O–H groups in total. The predicted molar refractivity (Wildman–Crippen MR) is 253 cm³/mol. The number of aromatic nitrogens is 6. The molecule has 0 saturated carbocycles. The summed E-state index contributed by atoms with van der Waals surface area (Å²) < 4.78 is 0. The lowest BCUT2D eigenvalue weighted by molar-refractivity contribution is -0.137. The van der Waals surface area contributed by atoms with Gasteiger partial charge in [-0.15, -0.1) is 0 Å². The third kappa shape index (κ3) is 10.6. The first-order chi connectivity index (χ1) is 33.7. The molecule has 6 amide bonds. The Bertz CT molecular complexity index is 2620. The summed E-state index contributed by atoms with van der Waals surface area (Å²) in [4.78, 5) is 111. The molecule has 3 aliphatic carbocycles. The Balaban J connectivity index is 1.07. The number of rotatable bonds is 21. The van der Waals surface area contributed by atoms with Crippen molar-refractivity contribution in [3.63, 3.8) is 0 Å². The number of imidazole rings is 3. The van der Waals surface area contributed by atoms with Crippen LogP contribution >= 0.6 is 0 Å². The summed E-state index contributed by atoms with van der Waals surface area (Å²) in [6.45, 7) is -1.20. The second-order valence-electron chi connectivity index (χ2n) is 17.1. The van der Waals surface area contributed by atoms with Gasteiger partial charge in [0, 0.05) is 89.8 Å². The Morgan fingerprint density at radius 2 is 0.871 bits per heavy atom. The first-order valence-corrected chi connectivity index (χ1v) is 22.2. The van der Waals surface area contributed by atoms with Crippen LogP contribution in [0, 0.1) is 0 Å². The van der Waals surface area contributed by atoms with Gasteiger partial charge in [0.05, 0.1) is 56.7 Å². The highest BCUT2D eigenvalue weighted by molar-refractivity contribution is 5.98. The van der Waals surface area contributed by atoms with Crippen LogP contribution in [-0.4, -0.2) is 114 Å². The van der Waals surface area contributed by atoms with E-state index in [-0.39, 0.29) is 32.1 Å². The number of carboxylic acids is 1. The van der Waals surface area contributed by atoms with Crippen molar-refractivity contribution in [3.05, 3.63) is 143 Å². The van der Waals surface area contributed by atoms with Crippen LogP contribution in [0.25, 0.3) is 0 Å². The van der Waals surface area contributed by atoms with Crippen LogP contribution in [0.3, 0.4) is 0 Å². The number of hydrogen-bond donors (Lipinski definition) is 13. The van der Waals surface area contributed by atoms with Crippen LogP contribution in [0.15, 0.2) is 92.2 Å². The van der Waals surface area contributed by atoms with Crippen molar-refractivity contribution in [3.8, 4) is 0 Å². The van der Waals surface area contributed by atoms with Crippen molar-refractivity contribution in [1.82, 2.24) is 45.9 Å². The van der Waals surface area contributed by atoms with E-state index in [0.717, 1.165) is 16.7 Å². The van der Waals surface area contributed by atoms with E-state index in [2.05, 4.69) is 61.8 Å². The van der Waals surface area contributed by atoms with Crippen LogP contribution in [0.5, 0.6) is 0 Å². The number of nitrogens with zero attached hydrogens (tertiary/aromatic N) is 3. The topological polar surface area (TPSA) is 376 Å². The van der Waals surface area contributed by atoms with Gasteiger partial charge < -0.3 is 69.2 Å². The SMILES string of the molecule is N[C@@H](Cc1cnc[nH]1)C(=O)NCC(=O)Nc1ccc2c(c1)C1(CCC(=O)O)c3cc(NC(=O)CNC(=O)[C@@H](N)Cc4cnc[nH]4)ccc3C2c2ccc(NC(=O)CNC(=O)[C@@H](N)Cc3cnc[nH]3)cc21. The van der Waals surface area contributed by atoms with E-state index in [9.17, 15) is 38.7 Å². The van der Waals surface area contributed by atoms with Crippen molar-refractivity contribution in [2.45, 2.75) is 61.6 Å². The Kier molecular flexibility index (Phi) is 14.2. The lowest BCUT2D eigenvalue weighted by Crippen LogP contribution is -2.45. The number of nitrogens with two attached hydrogens (primary N) is 3. The van der Waals surface area contributed by atoms with E-state index in [4.69, 9.17) is 17.2 Å². The maximum atomic E-state index is 13.4. The minimum atomic E-state index is -1.26. The van der Waals surface area contributed by atoms with E-state index in [0.29, 0.717) is 50.8 Å². The summed E-state index contributed by atoms with van der Waals surface area (Å²) in [5, 5.41) is 26.5. The van der Waals surface area contributed by atoms with Crippen molar-refractivity contribution in [1.29, 1.82) is 0 Å². The van der Waals surface area contributed by atoms with Gasteiger partial charge in [-0.1, -0.05) is 18.2 Å². The molecular formula is C47H51N15O8. The average Bonchev–Trinajstić information content (AvgIpc) is 4.17. The van der Waals surface area contributed by atoms with E-state index in [1.54, 1.807) is 55.0 Å². The van der Waals surface area contributed by atoms with Crippen molar-refractivity contribution >= 4 is 58.5 Å². The first-order valence-electron chi connectivity index (χ1n) is 22.2. The zero-order valence-electron chi connectivity index (χ0n) is 37.5. The summed E-state index contributed by atoms with van der Waals surface area (Å²) in [7, 11) is 0. The second kappa shape index (κ2) is 20.8. The fourth-order valence-corrected chi connectivity index (χ4v) is 9.09. The van der Waals surface area contributed by atoms with Gasteiger partial charge >= 0.3 is 5.97 Å². The van der Waals surface area contributed by atoms with Gasteiger partial charge in [0.2, 0.25) is 35.4 Å². The summed E-state index contributed by atoms with van der Waals surface area (Å²) in [5.41, 5.74) is 24.4. The molecule has 0 saturated heterocycles. The zero-order chi connectivity index (χ0) is 49.5. The molecule has 0 fully saturated rings. The molecule has 3 aromatic carbocycles. The number of carbonyl (C=O) groups excluding carboxylic acids is 6. The number of anilines is 3. The van der Waals surface area contributed by atoms with Crippen LogP contribution < -0.4 is 49.1 Å². The first kappa shape index (κ1) is 47.9. The normalized spacial score (nSPS) is 16.3. The number of aliphatic carboxylic acids is 1. The van der Waals surface area contributed by atoms with Crippen LogP contribution in [0.4, 0.5) is 17.1 Å². The van der Waals surface area contributed by atoms with Crippen LogP contribution in [0.2, 0.25) is 0 Å².